The van der Waals surface area contributed by atoms with E-state index in [1.54, 1.807) is 17.1 Å². The Labute approximate surface area is 159 Å². The van der Waals surface area contributed by atoms with E-state index in [0.717, 1.165) is 38.2 Å². The third kappa shape index (κ3) is 4.44. The van der Waals surface area contributed by atoms with Gasteiger partial charge in [0, 0.05) is 31.9 Å². The van der Waals surface area contributed by atoms with Gasteiger partial charge in [0.15, 0.2) is 0 Å². The Kier molecular flexibility index (Phi) is 5.30. The number of piperidine rings is 1. The number of carbonyl (C=O) groups excluding carboxylic acids is 1. The predicted molar refractivity (Wildman–Crippen MR) is 106 cm³/mol. The number of para-hydroxylation sites is 1. The SMILES string of the molecule is O=C(NC1CCN(Cc2ccccc2)CC1)c1cnn(-c2ccccc2)c1. The highest BCUT2D eigenvalue weighted by Crippen LogP contribution is 2.15. The smallest absolute Gasteiger partial charge is 0.254 e. The molecule has 0 bridgehead atoms. The van der Waals surface area contributed by atoms with Crippen LogP contribution in [0.1, 0.15) is 28.8 Å². The highest BCUT2D eigenvalue weighted by molar-refractivity contribution is 5.94. The summed E-state index contributed by atoms with van der Waals surface area (Å²) >= 11 is 0. The maximum absolute atomic E-state index is 12.6. The summed E-state index contributed by atoms with van der Waals surface area (Å²) in [6.45, 7) is 2.98. The summed E-state index contributed by atoms with van der Waals surface area (Å²) in [6, 6.07) is 20.6. The van der Waals surface area contributed by atoms with Crippen LogP contribution in [-0.4, -0.2) is 39.7 Å². The molecule has 2 aromatic carbocycles. The average Bonchev–Trinajstić information content (AvgIpc) is 3.21. The molecule has 5 nitrogen and oxygen atoms in total. The van der Waals surface area contributed by atoms with Crippen LogP contribution in [0.5, 0.6) is 0 Å². The molecule has 1 aromatic heterocycles. The van der Waals surface area contributed by atoms with Crippen LogP contribution in [-0.2, 0) is 6.54 Å². The van der Waals surface area contributed by atoms with E-state index in [1.807, 2.05) is 36.4 Å². The molecule has 1 aliphatic rings. The lowest BCUT2D eigenvalue weighted by Crippen LogP contribution is -2.44. The molecule has 1 amide bonds. The number of aromatic nitrogens is 2. The first-order valence-corrected chi connectivity index (χ1v) is 9.45. The molecule has 4 rings (SSSR count). The van der Waals surface area contributed by atoms with E-state index < -0.39 is 0 Å². The Morgan fingerprint density at radius 1 is 1.00 bits per heavy atom. The molecule has 0 saturated carbocycles. The third-order valence-corrected chi connectivity index (χ3v) is 5.04. The first-order valence-electron chi connectivity index (χ1n) is 9.45. The van der Waals surface area contributed by atoms with E-state index in [2.05, 4.69) is 39.6 Å². The molecule has 1 aliphatic heterocycles. The molecule has 1 fully saturated rings. The fourth-order valence-electron chi connectivity index (χ4n) is 3.51. The largest absolute Gasteiger partial charge is 0.349 e. The summed E-state index contributed by atoms with van der Waals surface area (Å²) in [5, 5.41) is 7.47. The number of hydrogen-bond donors (Lipinski definition) is 1. The molecule has 138 valence electrons. The summed E-state index contributed by atoms with van der Waals surface area (Å²) in [5.41, 5.74) is 2.89. The molecule has 0 aliphatic carbocycles. The minimum Gasteiger partial charge on any atom is -0.349 e. The van der Waals surface area contributed by atoms with Crippen LogP contribution in [0.3, 0.4) is 0 Å². The van der Waals surface area contributed by atoms with Gasteiger partial charge in [-0.05, 0) is 30.5 Å². The second-order valence-corrected chi connectivity index (χ2v) is 7.02. The number of hydrogen-bond acceptors (Lipinski definition) is 3. The van der Waals surface area contributed by atoms with Crippen molar-refractivity contribution in [3.8, 4) is 5.69 Å². The van der Waals surface area contributed by atoms with Gasteiger partial charge in [0.25, 0.3) is 5.91 Å². The van der Waals surface area contributed by atoms with Crippen molar-refractivity contribution < 1.29 is 4.79 Å². The van der Waals surface area contributed by atoms with Crippen molar-refractivity contribution in [2.45, 2.75) is 25.4 Å². The van der Waals surface area contributed by atoms with E-state index in [-0.39, 0.29) is 11.9 Å². The minimum absolute atomic E-state index is 0.0429. The zero-order valence-corrected chi connectivity index (χ0v) is 15.3. The highest BCUT2D eigenvalue weighted by atomic mass is 16.1. The van der Waals surface area contributed by atoms with E-state index in [9.17, 15) is 4.79 Å². The van der Waals surface area contributed by atoms with Gasteiger partial charge in [0.1, 0.15) is 0 Å². The van der Waals surface area contributed by atoms with Crippen LogP contribution < -0.4 is 5.32 Å². The van der Waals surface area contributed by atoms with Crippen LogP contribution in [0.4, 0.5) is 0 Å². The van der Waals surface area contributed by atoms with Gasteiger partial charge >= 0.3 is 0 Å². The minimum atomic E-state index is -0.0429. The number of rotatable bonds is 5. The molecule has 0 radical (unpaired) electrons. The highest BCUT2D eigenvalue weighted by Gasteiger charge is 2.21. The molecule has 2 heterocycles. The van der Waals surface area contributed by atoms with Crippen molar-refractivity contribution in [2.24, 2.45) is 0 Å². The quantitative estimate of drug-likeness (QED) is 0.760. The monoisotopic (exact) mass is 360 g/mol. The number of likely N-dealkylation sites (tertiary alicyclic amines) is 1. The number of nitrogens with one attached hydrogen (secondary N) is 1. The second-order valence-electron chi connectivity index (χ2n) is 7.02. The predicted octanol–water partition coefficient (Wildman–Crippen LogP) is 3.27. The fourth-order valence-corrected chi connectivity index (χ4v) is 3.51. The number of benzene rings is 2. The average molecular weight is 360 g/mol. The maximum Gasteiger partial charge on any atom is 0.254 e. The molecule has 5 heteroatoms. The number of carbonyl (C=O) groups is 1. The lowest BCUT2D eigenvalue weighted by Gasteiger charge is -2.32. The molecule has 0 spiro atoms. The van der Waals surface area contributed by atoms with Crippen molar-refractivity contribution in [3.05, 3.63) is 84.2 Å². The first-order chi connectivity index (χ1) is 13.3. The Morgan fingerprint density at radius 3 is 2.37 bits per heavy atom. The van der Waals surface area contributed by atoms with Crippen molar-refractivity contribution in [3.63, 3.8) is 0 Å². The Balaban J connectivity index is 1.29. The Morgan fingerprint density at radius 2 is 1.67 bits per heavy atom. The van der Waals surface area contributed by atoms with Gasteiger partial charge < -0.3 is 5.32 Å². The summed E-state index contributed by atoms with van der Waals surface area (Å²) in [6.07, 6.45) is 5.37. The standard InChI is InChI=1S/C22H24N4O/c27-22(19-15-23-26(17-19)21-9-5-2-6-10-21)24-20-11-13-25(14-12-20)16-18-7-3-1-4-8-18/h1-10,15,17,20H,11-14,16H2,(H,24,27). The molecular weight excluding hydrogens is 336 g/mol. The summed E-state index contributed by atoms with van der Waals surface area (Å²) < 4.78 is 1.73. The van der Waals surface area contributed by atoms with Gasteiger partial charge in [-0.3, -0.25) is 9.69 Å². The molecular formula is C22H24N4O. The van der Waals surface area contributed by atoms with Crippen LogP contribution in [0.2, 0.25) is 0 Å². The fraction of sp³-hybridized carbons (Fsp3) is 0.273. The van der Waals surface area contributed by atoms with Crippen molar-refractivity contribution in [2.75, 3.05) is 13.1 Å². The molecule has 3 aromatic rings. The van der Waals surface area contributed by atoms with Gasteiger partial charge in [-0.2, -0.15) is 5.10 Å². The molecule has 0 unspecified atom stereocenters. The lowest BCUT2D eigenvalue weighted by molar-refractivity contribution is 0.0909. The van der Waals surface area contributed by atoms with Gasteiger partial charge in [0.05, 0.1) is 17.4 Å². The normalized spacial score (nSPS) is 15.6. The van der Waals surface area contributed by atoms with Gasteiger partial charge in [-0.1, -0.05) is 48.5 Å². The Bertz CT molecular complexity index is 868. The summed E-state index contributed by atoms with van der Waals surface area (Å²) in [4.78, 5) is 15.0. The van der Waals surface area contributed by atoms with Gasteiger partial charge in [0.2, 0.25) is 0 Å². The van der Waals surface area contributed by atoms with Gasteiger partial charge in [-0.25, -0.2) is 4.68 Å². The summed E-state index contributed by atoms with van der Waals surface area (Å²) in [7, 11) is 0. The van der Waals surface area contributed by atoms with Crippen LogP contribution >= 0.6 is 0 Å². The number of amides is 1. The number of nitrogens with zero attached hydrogens (tertiary/aromatic N) is 3. The van der Waals surface area contributed by atoms with Crippen LogP contribution in [0, 0.1) is 0 Å². The van der Waals surface area contributed by atoms with Crippen LogP contribution in [0.15, 0.2) is 73.1 Å². The summed E-state index contributed by atoms with van der Waals surface area (Å²) in [5.74, 6) is -0.0429. The zero-order chi connectivity index (χ0) is 18.5. The Hall–Kier alpha value is -2.92. The van der Waals surface area contributed by atoms with Gasteiger partial charge in [-0.15, -0.1) is 0 Å². The van der Waals surface area contributed by atoms with E-state index in [0.29, 0.717) is 5.56 Å². The van der Waals surface area contributed by atoms with Crippen LogP contribution in [0.25, 0.3) is 5.69 Å². The first kappa shape index (κ1) is 17.5. The van der Waals surface area contributed by atoms with E-state index in [4.69, 9.17) is 0 Å². The molecule has 27 heavy (non-hydrogen) atoms. The van der Waals surface area contributed by atoms with Crippen molar-refractivity contribution in [1.29, 1.82) is 0 Å². The lowest BCUT2D eigenvalue weighted by atomic mass is 10.0. The zero-order valence-electron chi connectivity index (χ0n) is 15.3. The molecule has 1 saturated heterocycles. The second kappa shape index (κ2) is 8.18. The van der Waals surface area contributed by atoms with E-state index >= 15 is 0 Å². The topological polar surface area (TPSA) is 50.2 Å². The molecule has 0 atom stereocenters. The van der Waals surface area contributed by atoms with E-state index in [1.165, 1.54) is 5.56 Å². The van der Waals surface area contributed by atoms with Crippen molar-refractivity contribution >= 4 is 5.91 Å². The van der Waals surface area contributed by atoms with Crippen molar-refractivity contribution in [1.82, 2.24) is 20.0 Å². The maximum atomic E-state index is 12.6. The third-order valence-electron chi connectivity index (χ3n) is 5.04. The molecule has 1 N–H and O–H groups in total.